The van der Waals surface area contributed by atoms with Crippen molar-refractivity contribution < 1.29 is 39.8 Å². The van der Waals surface area contributed by atoms with E-state index >= 15 is 8.78 Å². The number of ether oxygens (including phenoxy) is 2. The van der Waals surface area contributed by atoms with Crippen LogP contribution in [0.2, 0.25) is 0 Å². The molecule has 3 aromatic carbocycles. The van der Waals surface area contributed by atoms with Crippen molar-refractivity contribution in [2.45, 2.75) is 54.9 Å². The first kappa shape index (κ1) is 39.2. The van der Waals surface area contributed by atoms with E-state index in [0.29, 0.717) is 55.0 Å². The van der Waals surface area contributed by atoms with E-state index in [0.717, 1.165) is 48.3 Å². The van der Waals surface area contributed by atoms with Crippen molar-refractivity contribution in [1.29, 1.82) is 0 Å². The van der Waals surface area contributed by atoms with Gasteiger partial charge in [0.1, 0.15) is 35.3 Å². The second-order valence-electron chi connectivity index (χ2n) is 13.9. The summed E-state index contributed by atoms with van der Waals surface area (Å²) in [4.78, 5) is 13.1. The summed E-state index contributed by atoms with van der Waals surface area (Å²) < 4.78 is 113. The van der Waals surface area contributed by atoms with Crippen LogP contribution >= 0.6 is 0 Å². The first-order valence-corrected chi connectivity index (χ1v) is 18.9. The molecule has 2 aliphatic heterocycles. The molecule has 0 aliphatic carbocycles. The number of likely N-dealkylation sites (tertiary alicyclic amines) is 1. The van der Waals surface area contributed by atoms with Gasteiger partial charge in [0.15, 0.2) is 4.90 Å². The Morgan fingerprint density at radius 2 is 1.74 bits per heavy atom. The number of alkyl halides is 3. The van der Waals surface area contributed by atoms with Gasteiger partial charge in [-0.2, -0.15) is 13.2 Å². The third-order valence-electron chi connectivity index (χ3n) is 10.6. The number of benzene rings is 3. The van der Waals surface area contributed by atoms with Gasteiger partial charge >= 0.3 is 6.18 Å². The summed E-state index contributed by atoms with van der Waals surface area (Å²) in [5.41, 5.74) is -0.161. The van der Waals surface area contributed by atoms with E-state index in [9.17, 15) is 21.6 Å². The van der Waals surface area contributed by atoms with E-state index in [1.165, 1.54) is 38.6 Å². The Morgan fingerprint density at radius 1 is 1.00 bits per heavy atom. The lowest BCUT2D eigenvalue weighted by molar-refractivity contribution is -0.137. The predicted octanol–water partition coefficient (Wildman–Crippen LogP) is 6.40. The number of piperidine rings is 1. The molecule has 0 spiro atoms. The maximum Gasteiger partial charge on any atom is 0.416 e. The van der Waals surface area contributed by atoms with Crippen LogP contribution in [0.25, 0.3) is 0 Å². The van der Waals surface area contributed by atoms with Gasteiger partial charge in [-0.1, -0.05) is 18.2 Å². The van der Waals surface area contributed by atoms with Crippen LogP contribution in [-0.4, -0.2) is 94.3 Å². The molecular formula is C38H43F5N6O4S. The molecule has 2 fully saturated rings. The summed E-state index contributed by atoms with van der Waals surface area (Å²) >= 11 is 0. The first-order chi connectivity index (χ1) is 25.6. The standard InChI is InChI=1S/C38H43F5N6O4S/c1-46-22-30(23-46)47(2)37(14-11-26-7-5-8-28(17-26)38(41,42)43)13-6-16-48(24-37)29-18-32(39)36(33(40)19-29)54(50,51)49(35-12-15-44-25-45-35)21-27-9-10-31(52-3)20-34(27)53-4/h5,7-10,12,15,17-20,25,30H,6,11,13-14,16,21-24H2,1-4H3. The van der Waals surface area contributed by atoms with Crippen LogP contribution in [0, 0.1) is 11.6 Å². The number of halogens is 5. The molecule has 3 heterocycles. The Morgan fingerprint density at radius 3 is 2.37 bits per heavy atom. The lowest BCUT2D eigenvalue weighted by Gasteiger charge is -2.55. The molecule has 2 saturated heterocycles. The number of methoxy groups -OCH3 is 2. The molecule has 10 nitrogen and oxygen atoms in total. The second kappa shape index (κ2) is 15.7. The average Bonchev–Trinajstić information content (AvgIpc) is 3.14. The van der Waals surface area contributed by atoms with E-state index in [1.807, 2.05) is 19.0 Å². The Balaban J connectivity index is 1.32. The van der Waals surface area contributed by atoms with Crippen LogP contribution in [0.4, 0.5) is 33.5 Å². The number of hydrogen-bond donors (Lipinski definition) is 0. The zero-order chi connectivity index (χ0) is 38.8. The molecule has 54 heavy (non-hydrogen) atoms. The van der Waals surface area contributed by atoms with E-state index in [-0.39, 0.29) is 24.1 Å². The third-order valence-corrected chi connectivity index (χ3v) is 12.4. The molecule has 290 valence electrons. The van der Waals surface area contributed by atoms with Crippen molar-refractivity contribution in [3.63, 3.8) is 0 Å². The topological polar surface area (TPSA) is 91.3 Å². The summed E-state index contributed by atoms with van der Waals surface area (Å²) in [5, 5.41) is 0. The van der Waals surface area contributed by atoms with E-state index in [1.54, 1.807) is 24.3 Å². The molecule has 1 atom stereocenters. The van der Waals surface area contributed by atoms with Crippen LogP contribution < -0.4 is 18.7 Å². The van der Waals surface area contributed by atoms with Gasteiger partial charge in [0.25, 0.3) is 10.0 Å². The molecule has 16 heteroatoms. The first-order valence-electron chi connectivity index (χ1n) is 17.5. The highest BCUT2D eigenvalue weighted by atomic mass is 32.2. The minimum atomic E-state index is -4.91. The fourth-order valence-corrected chi connectivity index (χ4v) is 9.02. The Bertz CT molecular complexity index is 2030. The quantitative estimate of drug-likeness (QED) is 0.143. The fraction of sp³-hybridized carbons (Fsp3) is 0.421. The maximum absolute atomic E-state index is 16.3. The van der Waals surface area contributed by atoms with E-state index < -0.39 is 43.8 Å². The molecule has 1 unspecified atom stereocenters. The normalized spacial score (nSPS) is 18.4. The molecular weight excluding hydrogens is 732 g/mol. The summed E-state index contributed by atoms with van der Waals surface area (Å²) in [6.07, 6.45) is 0.214. The minimum absolute atomic E-state index is 0.114. The highest BCUT2D eigenvalue weighted by Gasteiger charge is 2.44. The molecule has 1 aromatic heterocycles. The third kappa shape index (κ3) is 8.10. The molecule has 2 aliphatic rings. The number of likely N-dealkylation sites (N-methyl/N-ethyl adjacent to an activating group) is 2. The van der Waals surface area contributed by atoms with Crippen LogP contribution in [0.15, 0.2) is 78.1 Å². The van der Waals surface area contributed by atoms with Crippen LogP contribution in [-0.2, 0) is 29.2 Å². The molecule has 6 rings (SSSR count). The summed E-state index contributed by atoms with van der Waals surface area (Å²) in [5.74, 6) is -1.92. The van der Waals surface area contributed by atoms with Crippen molar-refractivity contribution in [1.82, 2.24) is 19.8 Å². The molecule has 0 N–H and O–H groups in total. The van der Waals surface area contributed by atoms with Gasteiger partial charge in [0.2, 0.25) is 0 Å². The maximum atomic E-state index is 16.3. The molecule has 0 bridgehead atoms. The molecule has 0 radical (unpaired) electrons. The largest absolute Gasteiger partial charge is 0.497 e. The lowest BCUT2D eigenvalue weighted by atomic mass is 9.80. The van der Waals surface area contributed by atoms with Gasteiger partial charge in [0.05, 0.1) is 26.3 Å². The average molecular weight is 775 g/mol. The van der Waals surface area contributed by atoms with Crippen molar-refractivity contribution in [3.8, 4) is 11.5 Å². The van der Waals surface area contributed by atoms with Crippen molar-refractivity contribution in [2.75, 3.05) is 63.7 Å². The zero-order valence-electron chi connectivity index (χ0n) is 30.5. The van der Waals surface area contributed by atoms with Gasteiger partial charge in [-0.15, -0.1) is 0 Å². The molecule has 0 saturated carbocycles. The molecule has 4 aromatic rings. The lowest BCUT2D eigenvalue weighted by Crippen LogP contribution is -2.67. The van der Waals surface area contributed by atoms with Gasteiger partial charge in [0, 0.05) is 67.3 Å². The number of sulfonamides is 1. The summed E-state index contributed by atoms with van der Waals surface area (Å²) in [6, 6.07) is 13.6. The number of rotatable bonds is 13. The summed E-state index contributed by atoms with van der Waals surface area (Å²) in [7, 11) is 1.98. The van der Waals surface area contributed by atoms with Crippen molar-refractivity contribution >= 4 is 21.5 Å². The number of aromatic nitrogens is 2. The Labute approximate surface area is 312 Å². The fourth-order valence-electron chi connectivity index (χ4n) is 7.52. The monoisotopic (exact) mass is 774 g/mol. The Kier molecular flexibility index (Phi) is 11.4. The van der Waals surface area contributed by atoms with Gasteiger partial charge < -0.3 is 19.3 Å². The van der Waals surface area contributed by atoms with Crippen molar-refractivity contribution in [3.05, 3.63) is 102 Å². The highest BCUT2D eigenvalue weighted by Crippen LogP contribution is 2.39. The predicted molar refractivity (Wildman–Crippen MR) is 194 cm³/mol. The zero-order valence-corrected chi connectivity index (χ0v) is 31.3. The Hall–Kier alpha value is -4.54. The van der Waals surface area contributed by atoms with Crippen LogP contribution in [0.5, 0.6) is 11.5 Å². The van der Waals surface area contributed by atoms with Crippen LogP contribution in [0.3, 0.4) is 0 Å². The number of hydrogen-bond acceptors (Lipinski definition) is 9. The van der Waals surface area contributed by atoms with E-state index in [4.69, 9.17) is 9.47 Å². The molecule has 0 amide bonds. The minimum Gasteiger partial charge on any atom is -0.497 e. The van der Waals surface area contributed by atoms with Crippen LogP contribution in [0.1, 0.15) is 36.0 Å². The number of anilines is 2. The summed E-state index contributed by atoms with van der Waals surface area (Å²) in [6.45, 7) is 2.01. The SMILES string of the molecule is COc1ccc(CN(c2ccncn2)S(=O)(=O)c2c(F)cc(N3CCCC(CCc4cccc(C(F)(F)F)c4)(N(C)C4CN(C)C4)C3)cc2F)c(OC)c1. The van der Waals surface area contributed by atoms with Gasteiger partial charge in [-0.3, -0.25) is 4.90 Å². The smallest absolute Gasteiger partial charge is 0.416 e. The van der Waals surface area contributed by atoms with E-state index in [2.05, 4.69) is 19.8 Å². The van der Waals surface area contributed by atoms with Crippen molar-refractivity contribution in [2.24, 2.45) is 0 Å². The highest BCUT2D eigenvalue weighted by molar-refractivity contribution is 7.92. The van der Waals surface area contributed by atoms with Gasteiger partial charge in [-0.25, -0.2) is 31.5 Å². The number of nitrogens with zero attached hydrogens (tertiary/aromatic N) is 6. The number of aryl methyl sites for hydroxylation is 1. The van der Waals surface area contributed by atoms with Gasteiger partial charge in [-0.05, 0) is 75.7 Å². The second-order valence-corrected chi connectivity index (χ2v) is 15.7.